The molecule has 0 spiro atoms. The number of aromatic nitrogens is 1. The molecule has 2 heterocycles. The molecule has 1 saturated heterocycles. The van der Waals surface area contributed by atoms with E-state index in [0.29, 0.717) is 31.1 Å². The zero-order chi connectivity index (χ0) is 21.8. The molecule has 7 heteroatoms. The summed E-state index contributed by atoms with van der Waals surface area (Å²) in [5.74, 6) is 0.111. The van der Waals surface area contributed by atoms with Crippen LogP contribution in [0.2, 0.25) is 0 Å². The number of benzene rings is 2. The second kappa shape index (κ2) is 8.95. The highest BCUT2D eigenvalue weighted by Gasteiger charge is 2.30. The molecule has 3 amide bonds. The second-order valence-corrected chi connectivity index (χ2v) is 7.60. The Morgan fingerprint density at radius 3 is 2.58 bits per heavy atom. The zero-order valence-electron chi connectivity index (χ0n) is 17.2. The summed E-state index contributed by atoms with van der Waals surface area (Å²) in [6.45, 7) is 3.49. The number of anilines is 2. The Kier molecular flexibility index (Phi) is 5.93. The molecule has 0 aliphatic carbocycles. The van der Waals surface area contributed by atoms with Crippen LogP contribution in [0.1, 0.15) is 16.7 Å². The maximum Gasteiger partial charge on any atom is 0.326 e. The van der Waals surface area contributed by atoms with Crippen LogP contribution in [0.5, 0.6) is 0 Å². The molecule has 0 unspecified atom stereocenters. The largest absolute Gasteiger partial charge is 0.326 e. The smallest absolute Gasteiger partial charge is 0.324 e. The minimum absolute atomic E-state index is 0.122. The number of amides is 3. The maximum atomic E-state index is 13.1. The van der Waals surface area contributed by atoms with E-state index in [4.69, 9.17) is 0 Å². The van der Waals surface area contributed by atoms with Gasteiger partial charge in [-0.2, -0.15) is 0 Å². The highest BCUT2D eigenvalue weighted by Crippen LogP contribution is 2.21. The van der Waals surface area contributed by atoms with E-state index in [1.165, 1.54) is 12.1 Å². The summed E-state index contributed by atoms with van der Waals surface area (Å²) in [4.78, 5) is 32.7. The van der Waals surface area contributed by atoms with Gasteiger partial charge in [-0.3, -0.25) is 9.69 Å². The molecule has 3 aromatic rings. The van der Waals surface area contributed by atoms with Crippen molar-refractivity contribution < 1.29 is 14.0 Å². The van der Waals surface area contributed by atoms with Crippen LogP contribution in [-0.4, -0.2) is 34.9 Å². The normalized spacial score (nSPS) is 13.5. The average molecular weight is 418 g/mol. The molecule has 1 aliphatic heterocycles. The van der Waals surface area contributed by atoms with Crippen LogP contribution in [0.3, 0.4) is 0 Å². The van der Waals surface area contributed by atoms with E-state index in [-0.39, 0.29) is 24.2 Å². The number of rotatable bonds is 6. The number of carbonyl (C=O) groups is 2. The zero-order valence-corrected chi connectivity index (χ0v) is 17.2. The molecule has 1 fully saturated rings. The van der Waals surface area contributed by atoms with Gasteiger partial charge in [0, 0.05) is 19.6 Å². The Bertz CT molecular complexity index is 1080. The number of urea groups is 1. The monoisotopic (exact) mass is 418 g/mol. The molecule has 31 heavy (non-hydrogen) atoms. The van der Waals surface area contributed by atoms with Gasteiger partial charge in [0.1, 0.15) is 11.6 Å². The molecule has 0 atom stereocenters. The van der Waals surface area contributed by atoms with Gasteiger partial charge in [0.25, 0.3) is 0 Å². The lowest BCUT2D eigenvalue weighted by Crippen LogP contribution is -2.31. The molecular formula is C24H23FN4O2. The Labute approximate surface area is 180 Å². The van der Waals surface area contributed by atoms with Crippen molar-refractivity contribution >= 4 is 23.4 Å². The Hall–Kier alpha value is -3.74. The lowest BCUT2D eigenvalue weighted by atomic mass is 10.1. The summed E-state index contributed by atoms with van der Waals surface area (Å²) in [5, 5.41) is 2.84. The summed E-state index contributed by atoms with van der Waals surface area (Å²) in [6.07, 6.45) is 1.84. The number of nitrogens with one attached hydrogen (secondary N) is 1. The lowest BCUT2D eigenvalue weighted by Gasteiger charge is -2.18. The van der Waals surface area contributed by atoms with Gasteiger partial charge in [-0.25, -0.2) is 14.2 Å². The predicted octanol–water partition coefficient (Wildman–Crippen LogP) is 4.15. The summed E-state index contributed by atoms with van der Waals surface area (Å²) in [6, 6.07) is 17.3. The van der Waals surface area contributed by atoms with Gasteiger partial charge in [-0.1, -0.05) is 42.0 Å². The highest BCUT2D eigenvalue weighted by molar-refractivity contribution is 5.94. The first kappa shape index (κ1) is 20.5. The minimum atomic E-state index is -0.298. The molecular weight excluding hydrogens is 395 g/mol. The maximum absolute atomic E-state index is 13.1. The van der Waals surface area contributed by atoms with Crippen molar-refractivity contribution in [2.45, 2.75) is 19.9 Å². The van der Waals surface area contributed by atoms with Crippen molar-refractivity contribution in [3.8, 4) is 0 Å². The Morgan fingerprint density at radius 2 is 1.87 bits per heavy atom. The summed E-state index contributed by atoms with van der Waals surface area (Å²) < 4.78 is 13.1. The van der Waals surface area contributed by atoms with Gasteiger partial charge in [0.2, 0.25) is 5.91 Å². The summed E-state index contributed by atoms with van der Waals surface area (Å²) in [5.41, 5.74) is 3.51. The van der Waals surface area contributed by atoms with Crippen LogP contribution in [0.15, 0.2) is 66.9 Å². The number of carbonyl (C=O) groups excluding carboxylic acids is 2. The van der Waals surface area contributed by atoms with Crippen LogP contribution in [0.25, 0.3) is 0 Å². The first-order valence-corrected chi connectivity index (χ1v) is 10.1. The van der Waals surface area contributed by atoms with Crippen molar-refractivity contribution in [2.24, 2.45) is 0 Å². The number of nitrogens with zero attached hydrogens (tertiary/aromatic N) is 3. The van der Waals surface area contributed by atoms with E-state index in [9.17, 15) is 14.0 Å². The van der Waals surface area contributed by atoms with Crippen LogP contribution < -0.4 is 10.2 Å². The van der Waals surface area contributed by atoms with E-state index in [1.807, 2.05) is 31.2 Å². The van der Waals surface area contributed by atoms with Crippen molar-refractivity contribution in [1.29, 1.82) is 0 Å². The van der Waals surface area contributed by atoms with Crippen LogP contribution >= 0.6 is 0 Å². The van der Waals surface area contributed by atoms with Crippen LogP contribution in [0, 0.1) is 12.7 Å². The average Bonchev–Trinajstić information content (AvgIpc) is 3.10. The van der Waals surface area contributed by atoms with Gasteiger partial charge in [0.05, 0.1) is 18.3 Å². The van der Waals surface area contributed by atoms with Crippen LogP contribution in [-0.2, 0) is 17.8 Å². The lowest BCUT2D eigenvalue weighted by molar-refractivity contribution is -0.115. The van der Waals surface area contributed by atoms with Crippen molar-refractivity contribution in [3.05, 3.63) is 89.4 Å². The second-order valence-electron chi connectivity index (χ2n) is 7.60. The first-order valence-electron chi connectivity index (χ1n) is 10.1. The number of pyridine rings is 1. The fourth-order valence-electron chi connectivity index (χ4n) is 3.58. The summed E-state index contributed by atoms with van der Waals surface area (Å²) in [7, 11) is 0. The highest BCUT2D eigenvalue weighted by atomic mass is 19.1. The Balaban J connectivity index is 1.35. The fraction of sp³-hybridized carbons (Fsp3) is 0.208. The van der Waals surface area contributed by atoms with Crippen molar-refractivity contribution in [3.63, 3.8) is 0 Å². The van der Waals surface area contributed by atoms with Crippen molar-refractivity contribution in [2.75, 3.05) is 23.3 Å². The molecule has 1 aromatic heterocycles. The quantitative estimate of drug-likeness (QED) is 0.654. The topological polar surface area (TPSA) is 65.5 Å². The van der Waals surface area contributed by atoms with Gasteiger partial charge < -0.3 is 10.2 Å². The number of hydrogen-bond acceptors (Lipinski definition) is 3. The molecule has 4 rings (SSSR count). The number of halogens is 1. The molecule has 6 nitrogen and oxygen atoms in total. The number of hydrogen-bond donors (Lipinski definition) is 1. The minimum Gasteiger partial charge on any atom is -0.324 e. The molecule has 0 saturated carbocycles. The van der Waals surface area contributed by atoms with Gasteiger partial charge in [0.15, 0.2) is 0 Å². The molecule has 0 bridgehead atoms. The summed E-state index contributed by atoms with van der Waals surface area (Å²) >= 11 is 0. The fourth-order valence-corrected chi connectivity index (χ4v) is 3.58. The molecule has 1 aliphatic rings. The van der Waals surface area contributed by atoms with Gasteiger partial charge in [-0.15, -0.1) is 0 Å². The molecule has 158 valence electrons. The third-order valence-corrected chi connectivity index (χ3v) is 5.14. The van der Waals surface area contributed by atoms with Gasteiger partial charge in [-0.05, 0) is 42.3 Å². The third kappa shape index (κ3) is 5.06. The van der Waals surface area contributed by atoms with E-state index >= 15 is 0 Å². The van der Waals surface area contributed by atoms with Crippen molar-refractivity contribution in [1.82, 2.24) is 9.88 Å². The molecule has 2 aromatic carbocycles. The predicted molar refractivity (Wildman–Crippen MR) is 117 cm³/mol. The van der Waals surface area contributed by atoms with E-state index in [0.717, 1.165) is 16.7 Å². The molecule has 0 radical (unpaired) electrons. The van der Waals surface area contributed by atoms with Crippen LogP contribution in [0.4, 0.5) is 20.7 Å². The van der Waals surface area contributed by atoms with Gasteiger partial charge >= 0.3 is 6.03 Å². The first-order chi connectivity index (χ1) is 15.0. The van der Waals surface area contributed by atoms with E-state index < -0.39 is 0 Å². The van der Waals surface area contributed by atoms with E-state index in [2.05, 4.69) is 10.3 Å². The Morgan fingerprint density at radius 1 is 1.06 bits per heavy atom. The molecule has 1 N–H and O–H groups in total. The van der Waals surface area contributed by atoms with E-state index in [1.54, 1.807) is 40.3 Å². The SMILES string of the molecule is Cc1cccc(CC(=O)Nc2ccc(N3CCN(Cc4ccc(F)cc4)C3=O)nc2)c1. The third-order valence-electron chi connectivity index (χ3n) is 5.14. The standard InChI is InChI=1S/C24H23FN4O2/c1-17-3-2-4-19(13-17)14-23(30)27-21-9-10-22(26-15-21)29-12-11-28(24(29)31)16-18-5-7-20(25)8-6-18/h2-10,13,15H,11-12,14,16H2,1H3,(H,27,30). The number of aryl methyl sites for hydroxylation is 1.